The summed E-state index contributed by atoms with van der Waals surface area (Å²) in [6, 6.07) is 3.13. The van der Waals surface area contributed by atoms with Gasteiger partial charge in [0.05, 0.1) is 6.61 Å². The number of rotatable bonds is 4. The van der Waals surface area contributed by atoms with Crippen molar-refractivity contribution in [3.8, 4) is 0 Å². The van der Waals surface area contributed by atoms with Crippen LogP contribution in [0.2, 0.25) is 0 Å². The van der Waals surface area contributed by atoms with Gasteiger partial charge in [-0.15, -0.1) is 0 Å². The highest BCUT2D eigenvalue weighted by Crippen LogP contribution is 2.12. The van der Waals surface area contributed by atoms with Gasteiger partial charge in [0.1, 0.15) is 12.0 Å². The molecule has 0 aliphatic rings. The second-order valence-corrected chi connectivity index (χ2v) is 2.93. The Morgan fingerprint density at radius 2 is 2.27 bits per heavy atom. The van der Waals surface area contributed by atoms with Crippen LogP contribution in [0.1, 0.15) is 30.2 Å². The highest BCUT2D eigenvalue weighted by Gasteiger charge is 2.10. The van der Waals surface area contributed by atoms with Crippen LogP contribution in [0.5, 0.6) is 0 Å². The van der Waals surface area contributed by atoms with Crippen LogP contribution in [0, 0.1) is 0 Å². The van der Waals surface area contributed by atoms with Gasteiger partial charge in [0.2, 0.25) is 5.76 Å². The summed E-state index contributed by atoms with van der Waals surface area (Å²) in [6.07, 6.45) is 2.27. The molecule has 0 unspecified atom stereocenters. The Labute approximate surface area is 87.5 Å². The first kappa shape index (κ1) is 11.2. The predicted octanol–water partition coefficient (Wildman–Crippen LogP) is 2.06. The maximum absolute atomic E-state index is 11.2. The molecule has 0 saturated heterocycles. The Morgan fingerprint density at radius 3 is 2.87 bits per heavy atom. The Balaban J connectivity index is 2.80. The smallest absolute Gasteiger partial charge is 0.374 e. The number of esters is 1. The number of allylic oxidation sites excluding steroid dienone is 1. The predicted molar refractivity (Wildman–Crippen MR) is 54.4 cm³/mol. The Kier molecular flexibility index (Phi) is 3.85. The SMILES string of the molecule is CCOC(=O)c1ccc(C=C(C)C=O)o1. The summed E-state index contributed by atoms with van der Waals surface area (Å²) in [5.74, 6) is 0.102. The van der Waals surface area contributed by atoms with E-state index in [2.05, 4.69) is 0 Å². The molecular weight excluding hydrogens is 196 g/mol. The first-order chi connectivity index (χ1) is 7.17. The lowest BCUT2D eigenvalue weighted by Gasteiger charge is -1.96. The van der Waals surface area contributed by atoms with Crippen LogP contribution in [-0.4, -0.2) is 18.9 Å². The molecule has 4 nitrogen and oxygen atoms in total. The molecule has 0 atom stereocenters. The molecule has 0 aliphatic heterocycles. The normalized spacial score (nSPS) is 11.2. The molecule has 0 spiro atoms. The molecular formula is C11H12O4. The lowest BCUT2D eigenvalue weighted by Crippen LogP contribution is -2.02. The summed E-state index contributed by atoms with van der Waals surface area (Å²) in [5.41, 5.74) is 0.528. The third-order valence-electron chi connectivity index (χ3n) is 1.66. The highest BCUT2D eigenvalue weighted by molar-refractivity contribution is 5.87. The molecule has 4 heteroatoms. The molecule has 0 bridgehead atoms. The van der Waals surface area contributed by atoms with E-state index in [0.29, 0.717) is 24.2 Å². The number of aldehydes is 1. The number of hydrogen-bond acceptors (Lipinski definition) is 4. The molecule has 0 saturated carbocycles. The molecule has 1 rings (SSSR count). The summed E-state index contributed by atoms with van der Waals surface area (Å²) < 4.78 is 9.91. The fourth-order valence-corrected chi connectivity index (χ4v) is 1.00. The van der Waals surface area contributed by atoms with Crippen molar-refractivity contribution in [1.82, 2.24) is 0 Å². The van der Waals surface area contributed by atoms with Crippen molar-refractivity contribution in [3.05, 3.63) is 29.2 Å². The van der Waals surface area contributed by atoms with Crippen molar-refractivity contribution in [2.45, 2.75) is 13.8 Å². The monoisotopic (exact) mass is 208 g/mol. The number of carbonyl (C=O) groups is 2. The van der Waals surface area contributed by atoms with Crippen molar-refractivity contribution in [3.63, 3.8) is 0 Å². The van der Waals surface area contributed by atoms with Gasteiger partial charge in [-0.3, -0.25) is 4.79 Å². The third-order valence-corrected chi connectivity index (χ3v) is 1.66. The Bertz CT molecular complexity index is 387. The van der Waals surface area contributed by atoms with E-state index in [1.165, 1.54) is 6.07 Å². The van der Waals surface area contributed by atoms with Crippen LogP contribution >= 0.6 is 0 Å². The van der Waals surface area contributed by atoms with E-state index in [4.69, 9.17) is 9.15 Å². The third kappa shape index (κ3) is 3.09. The summed E-state index contributed by atoms with van der Waals surface area (Å²) in [4.78, 5) is 21.6. The van der Waals surface area contributed by atoms with Crippen LogP contribution in [0.15, 0.2) is 22.1 Å². The second-order valence-electron chi connectivity index (χ2n) is 2.93. The number of carbonyl (C=O) groups excluding carboxylic acids is 2. The Morgan fingerprint density at radius 1 is 1.53 bits per heavy atom. The fraction of sp³-hybridized carbons (Fsp3) is 0.273. The van der Waals surface area contributed by atoms with Gasteiger partial charge in [0.25, 0.3) is 0 Å². The Hall–Kier alpha value is -1.84. The molecule has 1 heterocycles. The van der Waals surface area contributed by atoms with Gasteiger partial charge >= 0.3 is 5.97 Å². The van der Waals surface area contributed by atoms with Crippen molar-refractivity contribution >= 4 is 18.3 Å². The first-order valence-corrected chi connectivity index (χ1v) is 4.57. The highest BCUT2D eigenvalue weighted by atomic mass is 16.5. The van der Waals surface area contributed by atoms with Crippen molar-refractivity contribution in [2.75, 3.05) is 6.61 Å². The van der Waals surface area contributed by atoms with Gasteiger partial charge in [0, 0.05) is 0 Å². The summed E-state index contributed by atoms with van der Waals surface area (Å²) in [6.45, 7) is 3.68. The quantitative estimate of drug-likeness (QED) is 0.431. The van der Waals surface area contributed by atoms with Crippen LogP contribution in [0.25, 0.3) is 6.08 Å². The van der Waals surface area contributed by atoms with E-state index in [0.717, 1.165) is 0 Å². The maximum Gasteiger partial charge on any atom is 0.374 e. The minimum absolute atomic E-state index is 0.141. The molecule has 0 aliphatic carbocycles. The van der Waals surface area contributed by atoms with Gasteiger partial charge in [-0.25, -0.2) is 4.79 Å². The van der Waals surface area contributed by atoms with E-state index < -0.39 is 5.97 Å². The zero-order valence-corrected chi connectivity index (χ0v) is 8.65. The van der Waals surface area contributed by atoms with E-state index in [1.54, 1.807) is 26.0 Å². The lowest BCUT2D eigenvalue weighted by molar-refractivity contribution is -0.104. The van der Waals surface area contributed by atoms with Crippen LogP contribution in [-0.2, 0) is 9.53 Å². The number of furan rings is 1. The minimum Gasteiger partial charge on any atom is -0.460 e. The van der Waals surface area contributed by atoms with Crippen LogP contribution < -0.4 is 0 Å². The second kappa shape index (κ2) is 5.14. The minimum atomic E-state index is -0.499. The molecule has 15 heavy (non-hydrogen) atoms. The van der Waals surface area contributed by atoms with Gasteiger partial charge in [-0.05, 0) is 37.6 Å². The van der Waals surface area contributed by atoms with Crippen LogP contribution in [0.3, 0.4) is 0 Å². The van der Waals surface area contributed by atoms with E-state index in [1.807, 2.05) is 0 Å². The summed E-state index contributed by atoms with van der Waals surface area (Å²) in [7, 11) is 0. The van der Waals surface area contributed by atoms with Crippen molar-refractivity contribution < 1.29 is 18.7 Å². The van der Waals surface area contributed by atoms with Gasteiger partial charge in [-0.1, -0.05) is 0 Å². The number of hydrogen-bond donors (Lipinski definition) is 0. The molecule has 1 aromatic rings. The maximum atomic E-state index is 11.2. The lowest BCUT2D eigenvalue weighted by atomic mass is 10.3. The van der Waals surface area contributed by atoms with Gasteiger partial charge < -0.3 is 9.15 Å². The molecule has 80 valence electrons. The molecule has 0 amide bonds. The van der Waals surface area contributed by atoms with Crippen molar-refractivity contribution in [2.24, 2.45) is 0 Å². The average molecular weight is 208 g/mol. The van der Waals surface area contributed by atoms with Gasteiger partial charge in [0.15, 0.2) is 0 Å². The summed E-state index contributed by atoms with van der Waals surface area (Å²) >= 11 is 0. The van der Waals surface area contributed by atoms with E-state index >= 15 is 0 Å². The largest absolute Gasteiger partial charge is 0.460 e. The molecule has 0 aromatic carbocycles. The fourth-order valence-electron chi connectivity index (χ4n) is 1.00. The standard InChI is InChI=1S/C11H12O4/c1-3-14-11(13)10-5-4-9(15-10)6-8(2)7-12/h4-7H,3H2,1-2H3. The van der Waals surface area contributed by atoms with Crippen LogP contribution in [0.4, 0.5) is 0 Å². The van der Waals surface area contributed by atoms with Crippen molar-refractivity contribution in [1.29, 1.82) is 0 Å². The molecule has 0 N–H and O–H groups in total. The van der Waals surface area contributed by atoms with E-state index in [9.17, 15) is 9.59 Å². The summed E-state index contributed by atoms with van der Waals surface area (Å²) in [5, 5.41) is 0. The molecule has 0 fully saturated rings. The topological polar surface area (TPSA) is 56.5 Å². The zero-order valence-electron chi connectivity index (χ0n) is 8.65. The van der Waals surface area contributed by atoms with Gasteiger partial charge in [-0.2, -0.15) is 0 Å². The molecule has 1 aromatic heterocycles. The van der Waals surface area contributed by atoms with E-state index in [-0.39, 0.29) is 5.76 Å². The zero-order chi connectivity index (χ0) is 11.3. The molecule has 0 radical (unpaired) electrons. The first-order valence-electron chi connectivity index (χ1n) is 4.57. The average Bonchev–Trinajstić information content (AvgIpc) is 2.66. The number of ether oxygens (including phenoxy) is 1.